The summed E-state index contributed by atoms with van der Waals surface area (Å²) in [7, 11) is 0. The average Bonchev–Trinajstić information content (AvgIpc) is 2.99. The van der Waals surface area contributed by atoms with E-state index in [9.17, 15) is 5.11 Å². The second kappa shape index (κ2) is 5.13. The van der Waals surface area contributed by atoms with Crippen molar-refractivity contribution < 1.29 is 5.11 Å². The summed E-state index contributed by atoms with van der Waals surface area (Å²) in [5.41, 5.74) is 2.51. The Hall–Kier alpha value is -0.910. The van der Waals surface area contributed by atoms with Crippen molar-refractivity contribution in [3.63, 3.8) is 0 Å². The van der Waals surface area contributed by atoms with Crippen molar-refractivity contribution in [3.05, 3.63) is 33.0 Å². The van der Waals surface area contributed by atoms with Crippen molar-refractivity contribution in [2.45, 2.75) is 50.8 Å². The first-order valence-electron chi connectivity index (χ1n) is 7.26. The molecule has 4 rings (SSSR count). The summed E-state index contributed by atoms with van der Waals surface area (Å²) in [6.45, 7) is 0.955. The number of aryl methyl sites for hydroxylation is 1. The van der Waals surface area contributed by atoms with Gasteiger partial charge in [-0.3, -0.25) is 0 Å². The predicted molar refractivity (Wildman–Crippen MR) is 83.5 cm³/mol. The van der Waals surface area contributed by atoms with Gasteiger partial charge in [-0.1, -0.05) is 11.3 Å². The number of aliphatic hydroxyl groups excluding tert-OH is 1. The maximum Gasteiger partial charge on any atom is 0.186 e. The number of nitrogens with zero attached hydrogens (tertiary/aromatic N) is 2. The molecule has 0 amide bonds. The van der Waals surface area contributed by atoms with Crippen molar-refractivity contribution in [1.82, 2.24) is 4.98 Å². The average molecular weight is 306 g/mol. The monoisotopic (exact) mass is 306 g/mol. The molecule has 1 saturated carbocycles. The summed E-state index contributed by atoms with van der Waals surface area (Å²) in [4.78, 5) is 8.39. The van der Waals surface area contributed by atoms with Crippen LogP contribution in [0.1, 0.15) is 47.9 Å². The topological polar surface area (TPSA) is 36.4 Å². The number of aromatic nitrogens is 1. The number of anilines is 1. The molecule has 2 aliphatic rings. The summed E-state index contributed by atoms with van der Waals surface area (Å²) in [6, 6.07) is 2.85. The van der Waals surface area contributed by atoms with Crippen LogP contribution in [0.2, 0.25) is 0 Å². The van der Waals surface area contributed by atoms with Gasteiger partial charge in [-0.2, -0.15) is 11.3 Å². The third kappa shape index (κ3) is 2.38. The molecular weight excluding hydrogens is 288 g/mol. The Morgan fingerprint density at radius 3 is 2.95 bits per heavy atom. The fourth-order valence-corrected chi connectivity index (χ4v) is 4.69. The molecule has 2 heterocycles. The molecule has 0 aromatic carbocycles. The van der Waals surface area contributed by atoms with Crippen LogP contribution in [-0.4, -0.2) is 16.1 Å². The Morgan fingerprint density at radius 2 is 2.25 bits per heavy atom. The largest absolute Gasteiger partial charge is 0.388 e. The fourth-order valence-electron chi connectivity index (χ4n) is 2.83. The number of hydrogen-bond acceptors (Lipinski definition) is 5. The first-order valence-corrected chi connectivity index (χ1v) is 9.02. The number of rotatable bonds is 4. The number of fused-ring (bicyclic) bond motifs is 1. The molecular formula is C15H18N2OS2. The second-order valence-electron chi connectivity index (χ2n) is 5.71. The molecule has 1 fully saturated rings. The van der Waals surface area contributed by atoms with Gasteiger partial charge in [0, 0.05) is 12.6 Å². The van der Waals surface area contributed by atoms with Crippen LogP contribution < -0.4 is 4.90 Å². The second-order valence-corrected chi connectivity index (χ2v) is 7.50. The first-order chi connectivity index (χ1) is 9.81. The standard InChI is InChI=1S/C15H18N2OS2/c18-13-3-1-2-12-14(13)20-15(16-12)17(11-4-5-11)8-10-6-7-19-9-10/h6-7,9,11,13,18H,1-5,8H2. The highest BCUT2D eigenvalue weighted by Crippen LogP contribution is 2.41. The van der Waals surface area contributed by atoms with E-state index in [0.29, 0.717) is 6.04 Å². The molecule has 0 aliphatic heterocycles. The Kier molecular flexibility index (Phi) is 3.28. The summed E-state index contributed by atoms with van der Waals surface area (Å²) < 4.78 is 0. The Bertz CT molecular complexity index is 589. The molecule has 0 radical (unpaired) electrons. The highest BCUT2D eigenvalue weighted by molar-refractivity contribution is 7.15. The predicted octanol–water partition coefficient (Wildman–Crippen LogP) is 3.74. The van der Waals surface area contributed by atoms with Gasteiger partial charge in [0.15, 0.2) is 5.13 Å². The van der Waals surface area contributed by atoms with Gasteiger partial charge in [-0.25, -0.2) is 4.98 Å². The number of hydrogen-bond donors (Lipinski definition) is 1. The van der Waals surface area contributed by atoms with Crippen LogP contribution in [0.25, 0.3) is 0 Å². The minimum absolute atomic E-state index is 0.285. The molecule has 2 aromatic heterocycles. The number of aliphatic hydroxyl groups is 1. The molecule has 1 atom stereocenters. The van der Waals surface area contributed by atoms with Crippen molar-refractivity contribution in [2.75, 3.05) is 4.90 Å². The molecule has 106 valence electrons. The molecule has 2 aromatic rings. The van der Waals surface area contributed by atoms with Crippen molar-refractivity contribution in [3.8, 4) is 0 Å². The molecule has 5 heteroatoms. The van der Waals surface area contributed by atoms with Crippen LogP contribution in [-0.2, 0) is 13.0 Å². The van der Waals surface area contributed by atoms with Crippen LogP contribution in [0, 0.1) is 0 Å². The van der Waals surface area contributed by atoms with E-state index in [0.717, 1.165) is 41.5 Å². The normalized spacial score (nSPS) is 21.8. The highest BCUT2D eigenvalue weighted by atomic mass is 32.1. The molecule has 0 bridgehead atoms. The van der Waals surface area contributed by atoms with Crippen molar-refractivity contribution in [2.24, 2.45) is 0 Å². The van der Waals surface area contributed by atoms with E-state index < -0.39 is 0 Å². The van der Waals surface area contributed by atoms with Crippen LogP contribution in [0.5, 0.6) is 0 Å². The van der Waals surface area contributed by atoms with Crippen LogP contribution in [0.15, 0.2) is 16.8 Å². The van der Waals surface area contributed by atoms with Crippen LogP contribution >= 0.6 is 22.7 Å². The van der Waals surface area contributed by atoms with E-state index >= 15 is 0 Å². The van der Waals surface area contributed by atoms with E-state index in [4.69, 9.17) is 4.98 Å². The quantitative estimate of drug-likeness (QED) is 0.934. The lowest BCUT2D eigenvalue weighted by molar-refractivity contribution is 0.160. The summed E-state index contributed by atoms with van der Waals surface area (Å²) in [5.74, 6) is 0. The summed E-state index contributed by atoms with van der Waals surface area (Å²) in [6.07, 6.45) is 5.24. The fraction of sp³-hybridized carbons (Fsp3) is 0.533. The summed E-state index contributed by atoms with van der Waals surface area (Å²) >= 11 is 3.46. The minimum Gasteiger partial charge on any atom is -0.388 e. The van der Waals surface area contributed by atoms with Gasteiger partial charge in [0.2, 0.25) is 0 Å². The number of thiophene rings is 1. The van der Waals surface area contributed by atoms with Gasteiger partial charge in [0.25, 0.3) is 0 Å². The smallest absolute Gasteiger partial charge is 0.186 e. The van der Waals surface area contributed by atoms with Gasteiger partial charge < -0.3 is 10.0 Å². The highest BCUT2D eigenvalue weighted by Gasteiger charge is 2.33. The Morgan fingerprint density at radius 1 is 1.35 bits per heavy atom. The lowest BCUT2D eigenvalue weighted by Gasteiger charge is -2.20. The molecule has 2 aliphatic carbocycles. The van der Waals surface area contributed by atoms with E-state index in [-0.39, 0.29) is 6.10 Å². The maximum atomic E-state index is 10.1. The maximum absolute atomic E-state index is 10.1. The molecule has 3 nitrogen and oxygen atoms in total. The lowest BCUT2D eigenvalue weighted by Crippen LogP contribution is -2.24. The zero-order valence-electron chi connectivity index (χ0n) is 11.3. The van der Waals surface area contributed by atoms with Crippen LogP contribution in [0.3, 0.4) is 0 Å². The zero-order valence-corrected chi connectivity index (χ0v) is 12.9. The third-order valence-corrected chi connectivity index (χ3v) is 6.04. The van der Waals surface area contributed by atoms with Gasteiger partial charge in [-0.15, -0.1) is 0 Å². The van der Waals surface area contributed by atoms with Gasteiger partial charge in [0.05, 0.1) is 16.7 Å². The lowest BCUT2D eigenvalue weighted by atomic mass is 10.0. The number of thiazole rings is 1. The van der Waals surface area contributed by atoms with E-state index in [1.165, 1.54) is 18.4 Å². The van der Waals surface area contributed by atoms with Gasteiger partial charge in [0.1, 0.15) is 0 Å². The molecule has 0 spiro atoms. The Labute approximate surface area is 126 Å². The Balaban J connectivity index is 1.63. The third-order valence-electron chi connectivity index (χ3n) is 4.08. The van der Waals surface area contributed by atoms with Crippen molar-refractivity contribution >= 4 is 27.8 Å². The molecule has 1 N–H and O–H groups in total. The van der Waals surface area contributed by atoms with E-state index in [1.54, 1.807) is 22.7 Å². The zero-order chi connectivity index (χ0) is 13.5. The van der Waals surface area contributed by atoms with Gasteiger partial charge in [-0.05, 0) is 54.5 Å². The molecule has 0 saturated heterocycles. The SMILES string of the molecule is OC1CCCc2nc(N(Cc3ccsc3)C3CC3)sc21. The van der Waals surface area contributed by atoms with Crippen LogP contribution in [0.4, 0.5) is 5.13 Å². The van der Waals surface area contributed by atoms with Gasteiger partial charge >= 0.3 is 0 Å². The van der Waals surface area contributed by atoms with E-state index in [1.807, 2.05) is 0 Å². The molecule has 1 unspecified atom stereocenters. The van der Waals surface area contributed by atoms with E-state index in [2.05, 4.69) is 21.7 Å². The van der Waals surface area contributed by atoms with Crippen molar-refractivity contribution in [1.29, 1.82) is 0 Å². The molecule has 20 heavy (non-hydrogen) atoms. The first kappa shape index (κ1) is 12.8. The minimum atomic E-state index is -0.285. The summed E-state index contributed by atoms with van der Waals surface area (Å²) in [5, 5.41) is 15.6.